The van der Waals surface area contributed by atoms with Crippen molar-refractivity contribution in [3.05, 3.63) is 57.4 Å². The number of halogens is 2. The molecule has 140 valence electrons. The van der Waals surface area contributed by atoms with E-state index in [9.17, 15) is 14.5 Å². The van der Waals surface area contributed by atoms with Gasteiger partial charge in [0, 0.05) is 11.1 Å². The van der Waals surface area contributed by atoms with Gasteiger partial charge in [-0.1, -0.05) is 11.6 Å². The molecule has 0 aliphatic carbocycles. The van der Waals surface area contributed by atoms with Crippen LogP contribution >= 0.6 is 11.6 Å². The zero-order valence-electron chi connectivity index (χ0n) is 14.5. The molecular weight excluding hydrogens is 377 g/mol. The molecular formula is C18H15ClFN3O4. The Bertz CT molecular complexity index is 1030. The summed E-state index contributed by atoms with van der Waals surface area (Å²) in [5, 5.41) is 15.0. The van der Waals surface area contributed by atoms with E-state index in [4.69, 9.17) is 21.1 Å². The second-order valence-corrected chi connectivity index (χ2v) is 5.87. The van der Waals surface area contributed by atoms with Crippen LogP contribution in [0.1, 0.15) is 6.92 Å². The number of ether oxygens (including phenoxy) is 2. The van der Waals surface area contributed by atoms with Gasteiger partial charge in [0.25, 0.3) is 5.88 Å². The van der Waals surface area contributed by atoms with Gasteiger partial charge in [0.1, 0.15) is 17.3 Å². The monoisotopic (exact) mass is 391 g/mol. The number of fused-ring (bicyclic) bond motifs is 1. The van der Waals surface area contributed by atoms with Gasteiger partial charge in [-0.15, -0.1) is 0 Å². The largest absolute Gasteiger partial charge is 0.497 e. The van der Waals surface area contributed by atoms with Crippen LogP contribution < -0.4 is 14.8 Å². The number of nitrogens with zero attached hydrogens (tertiary/aromatic N) is 2. The number of methoxy groups -OCH3 is 1. The number of aromatic nitrogens is 1. The van der Waals surface area contributed by atoms with Crippen LogP contribution in [0, 0.1) is 15.9 Å². The zero-order chi connectivity index (χ0) is 19.6. The number of hydrogen-bond donors (Lipinski definition) is 1. The maximum atomic E-state index is 13.8. The molecule has 0 atom stereocenters. The maximum Gasteiger partial charge on any atom is 0.354 e. The molecule has 1 aromatic heterocycles. The number of anilines is 2. The average Bonchev–Trinajstić information content (AvgIpc) is 2.64. The van der Waals surface area contributed by atoms with E-state index in [0.717, 1.165) is 6.07 Å². The Balaban J connectivity index is 2.28. The molecule has 9 heteroatoms. The van der Waals surface area contributed by atoms with E-state index in [-0.39, 0.29) is 34.6 Å². The first-order valence-electron chi connectivity index (χ1n) is 7.95. The van der Waals surface area contributed by atoms with Crippen molar-refractivity contribution < 1.29 is 18.8 Å². The molecule has 1 heterocycles. The summed E-state index contributed by atoms with van der Waals surface area (Å²) >= 11 is 5.71. The van der Waals surface area contributed by atoms with Gasteiger partial charge in [-0.05, 0) is 43.3 Å². The fourth-order valence-electron chi connectivity index (χ4n) is 2.59. The van der Waals surface area contributed by atoms with Crippen LogP contribution in [0.15, 0.2) is 36.4 Å². The van der Waals surface area contributed by atoms with Crippen molar-refractivity contribution in [2.75, 3.05) is 19.0 Å². The molecule has 27 heavy (non-hydrogen) atoms. The molecule has 1 N–H and O–H groups in total. The summed E-state index contributed by atoms with van der Waals surface area (Å²) in [6, 6.07) is 8.98. The Morgan fingerprint density at radius 2 is 2.07 bits per heavy atom. The topological polar surface area (TPSA) is 86.5 Å². The smallest absolute Gasteiger partial charge is 0.354 e. The molecule has 0 aliphatic heterocycles. The van der Waals surface area contributed by atoms with Gasteiger partial charge in [-0.2, -0.15) is 0 Å². The zero-order valence-corrected chi connectivity index (χ0v) is 15.2. The van der Waals surface area contributed by atoms with Gasteiger partial charge < -0.3 is 14.8 Å². The minimum Gasteiger partial charge on any atom is -0.497 e. The number of rotatable bonds is 6. The lowest BCUT2D eigenvalue weighted by atomic mass is 10.1. The van der Waals surface area contributed by atoms with Gasteiger partial charge in [0.05, 0.1) is 29.2 Å². The summed E-state index contributed by atoms with van der Waals surface area (Å²) in [6.45, 7) is 1.90. The minimum atomic E-state index is -0.648. The van der Waals surface area contributed by atoms with Gasteiger partial charge in [-0.3, -0.25) is 10.1 Å². The van der Waals surface area contributed by atoms with Crippen molar-refractivity contribution >= 4 is 39.6 Å². The van der Waals surface area contributed by atoms with Crippen LogP contribution in [0.3, 0.4) is 0 Å². The van der Waals surface area contributed by atoms with Crippen molar-refractivity contribution in [2.24, 2.45) is 0 Å². The Labute approximate surface area is 158 Å². The van der Waals surface area contributed by atoms with Crippen LogP contribution in [0.5, 0.6) is 11.6 Å². The molecule has 0 saturated carbocycles. The SMILES string of the molecule is CCOc1nc2ccc(OC)cc2c(Nc2ccc(Cl)c(F)c2)c1[N+](=O)[O-]. The predicted molar refractivity (Wildman–Crippen MR) is 101 cm³/mol. The maximum absolute atomic E-state index is 13.8. The van der Waals surface area contributed by atoms with Gasteiger partial charge in [0.2, 0.25) is 0 Å². The summed E-state index contributed by atoms with van der Waals surface area (Å²) in [5.41, 5.74) is 0.515. The molecule has 0 unspecified atom stereocenters. The van der Waals surface area contributed by atoms with E-state index in [2.05, 4.69) is 10.3 Å². The molecule has 0 amide bonds. The third kappa shape index (κ3) is 3.70. The molecule has 0 aliphatic rings. The molecule has 3 rings (SSSR count). The summed E-state index contributed by atoms with van der Waals surface area (Å²) in [4.78, 5) is 15.4. The molecule has 0 fully saturated rings. The highest BCUT2D eigenvalue weighted by molar-refractivity contribution is 6.30. The summed E-state index contributed by atoms with van der Waals surface area (Å²) in [5.74, 6) is -0.282. The normalized spacial score (nSPS) is 10.7. The minimum absolute atomic E-state index is 0.0497. The molecule has 2 aromatic carbocycles. The highest BCUT2D eigenvalue weighted by Crippen LogP contribution is 2.42. The van der Waals surface area contributed by atoms with Crippen molar-refractivity contribution in [3.8, 4) is 11.6 Å². The predicted octanol–water partition coefficient (Wildman–Crippen LogP) is 5.09. The third-order valence-electron chi connectivity index (χ3n) is 3.79. The molecule has 3 aromatic rings. The summed E-state index contributed by atoms with van der Waals surface area (Å²) in [6.07, 6.45) is 0. The van der Waals surface area contributed by atoms with Crippen LogP contribution in [0.4, 0.5) is 21.5 Å². The van der Waals surface area contributed by atoms with E-state index in [1.165, 1.54) is 19.2 Å². The molecule has 0 spiro atoms. The molecule has 0 saturated heterocycles. The Hall–Kier alpha value is -3.13. The van der Waals surface area contributed by atoms with Crippen LogP contribution in [0.2, 0.25) is 5.02 Å². The number of pyridine rings is 1. The van der Waals surface area contributed by atoms with Crippen molar-refractivity contribution in [2.45, 2.75) is 6.92 Å². The number of hydrogen-bond acceptors (Lipinski definition) is 6. The first-order valence-corrected chi connectivity index (χ1v) is 8.33. The highest BCUT2D eigenvalue weighted by Gasteiger charge is 2.27. The van der Waals surface area contributed by atoms with E-state index >= 15 is 0 Å². The van der Waals surface area contributed by atoms with Gasteiger partial charge >= 0.3 is 5.69 Å². The summed E-state index contributed by atoms with van der Waals surface area (Å²) in [7, 11) is 1.49. The molecule has 7 nitrogen and oxygen atoms in total. The Morgan fingerprint density at radius 1 is 1.30 bits per heavy atom. The fraction of sp³-hybridized carbons (Fsp3) is 0.167. The van der Waals surface area contributed by atoms with Crippen molar-refractivity contribution in [1.29, 1.82) is 0 Å². The van der Waals surface area contributed by atoms with E-state index < -0.39 is 10.7 Å². The molecule has 0 bridgehead atoms. The number of nitro groups is 1. The van der Waals surface area contributed by atoms with Crippen LogP contribution in [-0.4, -0.2) is 23.6 Å². The van der Waals surface area contributed by atoms with Crippen molar-refractivity contribution in [3.63, 3.8) is 0 Å². The Kier molecular flexibility index (Phi) is 5.27. The molecule has 0 radical (unpaired) electrons. The highest BCUT2D eigenvalue weighted by atomic mass is 35.5. The number of benzene rings is 2. The lowest BCUT2D eigenvalue weighted by molar-refractivity contribution is -0.385. The quantitative estimate of drug-likeness (QED) is 0.465. The lowest BCUT2D eigenvalue weighted by Crippen LogP contribution is -2.05. The Morgan fingerprint density at radius 3 is 2.70 bits per heavy atom. The fourth-order valence-corrected chi connectivity index (χ4v) is 2.71. The second kappa shape index (κ2) is 7.63. The third-order valence-corrected chi connectivity index (χ3v) is 4.09. The first-order chi connectivity index (χ1) is 12.9. The van der Waals surface area contributed by atoms with Gasteiger partial charge in [0.15, 0.2) is 0 Å². The van der Waals surface area contributed by atoms with Gasteiger partial charge in [-0.25, -0.2) is 9.37 Å². The van der Waals surface area contributed by atoms with E-state index in [1.54, 1.807) is 25.1 Å². The van der Waals surface area contributed by atoms with E-state index in [0.29, 0.717) is 16.7 Å². The van der Waals surface area contributed by atoms with Crippen LogP contribution in [-0.2, 0) is 0 Å². The standard InChI is InChI=1S/C18H15ClFN3O4/c1-3-27-18-17(23(24)25)16(21-10-4-6-13(19)14(20)8-10)12-9-11(26-2)5-7-15(12)22-18/h4-9H,3H2,1-2H3,(H,21,22). The average molecular weight is 392 g/mol. The first kappa shape index (κ1) is 18.7. The lowest BCUT2D eigenvalue weighted by Gasteiger charge is -2.14. The summed E-state index contributed by atoms with van der Waals surface area (Å²) < 4.78 is 24.4. The second-order valence-electron chi connectivity index (χ2n) is 5.47. The van der Waals surface area contributed by atoms with Crippen LogP contribution in [0.25, 0.3) is 10.9 Å². The number of nitrogens with one attached hydrogen (secondary N) is 1. The van der Waals surface area contributed by atoms with Crippen molar-refractivity contribution in [1.82, 2.24) is 4.98 Å². The van der Waals surface area contributed by atoms with E-state index in [1.807, 2.05) is 0 Å².